The molecule has 6 nitrogen and oxygen atoms in total. The molecule has 0 atom stereocenters. The summed E-state index contributed by atoms with van der Waals surface area (Å²) in [4.78, 5) is 11.7. The van der Waals surface area contributed by atoms with Crippen LogP contribution in [0.4, 0.5) is 0 Å². The molecule has 2 N–H and O–H groups in total. The Labute approximate surface area is 117 Å². The zero-order valence-corrected chi connectivity index (χ0v) is 12.1. The van der Waals surface area contributed by atoms with Crippen LogP contribution in [0, 0.1) is 5.41 Å². The minimum atomic E-state index is -0.283. The molecule has 106 valence electrons. The lowest BCUT2D eigenvalue weighted by Crippen LogP contribution is -2.36. The number of thioether (sulfide) groups is 1. The number of carbonyl (C=O) groups excluding carboxylic acids is 1. The Morgan fingerprint density at radius 2 is 2.37 bits per heavy atom. The summed E-state index contributed by atoms with van der Waals surface area (Å²) in [5.41, 5.74) is -0.283. The average Bonchev–Trinajstić information content (AvgIpc) is 3.13. The number of nitrogens with one attached hydrogen (secondary N) is 1. The number of hydrogen-bond donors (Lipinski definition) is 2. The van der Waals surface area contributed by atoms with Gasteiger partial charge in [0.2, 0.25) is 5.91 Å². The van der Waals surface area contributed by atoms with Gasteiger partial charge in [-0.15, -0.1) is 10.2 Å². The van der Waals surface area contributed by atoms with Crippen molar-refractivity contribution in [3.8, 4) is 0 Å². The predicted molar refractivity (Wildman–Crippen MR) is 72.9 cm³/mol. The number of nitrogens with zero attached hydrogens (tertiary/aromatic N) is 3. The van der Waals surface area contributed by atoms with Gasteiger partial charge < -0.3 is 15.0 Å². The highest BCUT2D eigenvalue weighted by Gasteiger charge is 2.26. The molecular formula is C12H20N4O2S. The fraction of sp³-hybridized carbons (Fsp3) is 0.750. The van der Waals surface area contributed by atoms with Crippen LogP contribution in [0.1, 0.15) is 32.7 Å². The highest BCUT2D eigenvalue weighted by Crippen LogP contribution is 2.37. The van der Waals surface area contributed by atoms with Crippen LogP contribution in [0.5, 0.6) is 0 Å². The molecular weight excluding hydrogens is 264 g/mol. The second kappa shape index (κ2) is 5.92. The molecule has 0 spiro atoms. The van der Waals surface area contributed by atoms with E-state index in [4.69, 9.17) is 5.11 Å². The number of aliphatic hydroxyl groups is 1. The predicted octanol–water partition coefficient (Wildman–Crippen LogP) is 0.840. The van der Waals surface area contributed by atoms with Gasteiger partial charge in [-0.2, -0.15) is 0 Å². The Bertz CT molecular complexity index is 443. The highest BCUT2D eigenvalue weighted by atomic mass is 32.2. The average molecular weight is 284 g/mol. The quantitative estimate of drug-likeness (QED) is 0.725. The molecule has 0 radical (unpaired) electrons. The molecule has 1 aromatic heterocycles. The van der Waals surface area contributed by atoms with Gasteiger partial charge in [0.25, 0.3) is 0 Å². The molecule has 1 heterocycles. The van der Waals surface area contributed by atoms with Crippen molar-refractivity contribution < 1.29 is 9.90 Å². The van der Waals surface area contributed by atoms with E-state index in [9.17, 15) is 4.79 Å². The highest BCUT2D eigenvalue weighted by molar-refractivity contribution is 7.99. The second-order valence-electron chi connectivity index (χ2n) is 5.64. The van der Waals surface area contributed by atoms with Gasteiger partial charge in [-0.05, 0) is 12.8 Å². The molecule has 0 unspecified atom stereocenters. The van der Waals surface area contributed by atoms with E-state index < -0.39 is 0 Å². The Morgan fingerprint density at radius 1 is 1.63 bits per heavy atom. The summed E-state index contributed by atoms with van der Waals surface area (Å²) in [6, 6.07) is 0.522. The zero-order chi connectivity index (χ0) is 13.9. The summed E-state index contributed by atoms with van der Waals surface area (Å²) < 4.78 is 2.04. The smallest absolute Gasteiger partial charge is 0.230 e. The Morgan fingerprint density at radius 3 is 3.00 bits per heavy atom. The van der Waals surface area contributed by atoms with E-state index in [1.807, 2.05) is 18.4 Å². The van der Waals surface area contributed by atoms with Crippen LogP contribution < -0.4 is 5.32 Å². The SMILES string of the molecule is CC(C)(CO)CNC(=O)CSc1nncn1C1CC1. The van der Waals surface area contributed by atoms with Crippen LogP contribution >= 0.6 is 11.8 Å². The van der Waals surface area contributed by atoms with E-state index in [1.165, 1.54) is 24.6 Å². The van der Waals surface area contributed by atoms with Crippen LogP contribution in [-0.2, 0) is 4.79 Å². The molecule has 7 heteroatoms. The number of hydrogen-bond acceptors (Lipinski definition) is 5. The summed E-state index contributed by atoms with van der Waals surface area (Å²) in [5.74, 6) is 0.282. The minimum Gasteiger partial charge on any atom is -0.396 e. The van der Waals surface area contributed by atoms with Gasteiger partial charge in [-0.1, -0.05) is 25.6 Å². The van der Waals surface area contributed by atoms with Crippen LogP contribution in [0.15, 0.2) is 11.5 Å². The molecule has 0 bridgehead atoms. The second-order valence-corrected chi connectivity index (χ2v) is 6.58. The summed E-state index contributed by atoms with van der Waals surface area (Å²) >= 11 is 1.40. The number of amides is 1. The van der Waals surface area contributed by atoms with Gasteiger partial charge in [-0.3, -0.25) is 4.79 Å². The van der Waals surface area contributed by atoms with Crippen molar-refractivity contribution in [1.29, 1.82) is 0 Å². The summed E-state index contributed by atoms with van der Waals surface area (Å²) in [5, 5.41) is 20.7. The van der Waals surface area contributed by atoms with Gasteiger partial charge in [0, 0.05) is 24.6 Å². The van der Waals surface area contributed by atoms with Crippen molar-refractivity contribution in [2.75, 3.05) is 18.9 Å². The number of aliphatic hydroxyl groups excluding tert-OH is 1. The third-order valence-electron chi connectivity index (χ3n) is 3.00. The van der Waals surface area contributed by atoms with Crippen molar-refractivity contribution in [3.63, 3.8) is 0 Å². The van der Waals surface area contributed by atoms with Gasteiger partial charge in [0.15, 0.2) is 5.16 Å². The van der Waals surface area contributed by atoms with Gasteiger partial charge in [-0.25, -0.2) is 0 Å². The molecule has 2 rings (SSSR count). The molecule has 19 heavy (non-hydrogen) atoms. The third-order valence-corrected chi connectivity index (χ3v) is 3.96. The van der Waals surface area contributed by atoms with Gasteiger partial charge in [0.1, 0.15) is 6.33 Å². The monoisotopic (exact) mass is 284 g/mol. The Kier molecular flexibility index (Phi) is 4.46. The molecule has 1 amide bonds. The first kappa shape index (κ1) is 14.3. The Hall–Kier alpha value is -1.08. The van der Waals surface area contributed by atoms with Gasteiger partial charge >= 0.3 is 0 Å². The summed E-state index contributed by atoms with van der Waals surface area (Å²) in [7, 11) is 0. The van der Waals surface area contributed by atoms with Crippen molar-refractivity contribution in [2.45, 2.75) is 37.9 Å². The maximum absolute atomic E-state index is 11.7. The largest absolute Gasteiger partial charge is 0.396 e. The van der Waals surface area contributed by atoms with E-state index in [0.717, 1.165) is 5.16 Å². The zero-order valence-electron chi connectivity index (χ0n) is 11.3. The van der Waals surface area contributed by atoms with E-state index in [0.29, 0.717) is 18.3 Å². The molecule has 1 aromatic rings. The summed E-state index contributed by atoms with van der Waals surface area (Å²) in [6.07, 6.45) is 4.07. The first-order valence-corrected chi connectivity index (χ1v) is 7.40. The molecule has 1 aliphatic rings. The fourth-order valence-electron chi connectivity index (χ4n) is 1.51. The summed E-state index contributed by atoms with van der Waals surface area (Å²) in [6.45, 7) is 4.34. The molecule has 0 aromatic carbocycles. The molecule has 1 saturated carbocycles. The maximum atomic E-state index is 11.7. The van der Waals surface area contributed by atoms with Crippen molar-refractivity contribution in [1.82, 2.24) is 20.1 Å². The fourth-order valence-corrected chi connectivity index (χ4v) is 2.33. The van der Waals surface area contributed by atoms with Gasteiger partial charge in [0.05, 0.1) is 5.75 Å². The number of carbonyl (C=O) groups is 1. The molecule has 1 fully saturated rings. The first-order chi connectivity index (χ1) is 9.02. The van der Waals surface area contributed by atoms with Crippen LogP contribution in [0.3, 0.4) is 0 Å². The van der Waals surface area contributed by atoms with Crippen LogP contribution in [0.25, 0.3) is 0 Å². The lowest BCUT2D eigenvalue weighted by atomic mass is 9.95. The maximum Gasteiger partial charge on any atom is 0.230 e. The van der Waals surface area contributed by atoms with E-state index in [2.05, 4.69) is 15.5 Å². The normalized spacial score (nSPS) is 15.5. The number of aromatic nitrogens is 3. The first-order valence-electron chi connectivity index (χ1n) is 6.42. The van der Waals surface area contributed by atoms with Crippen LogP contribution in [0.2, 0.25) is 0 Å². The standard InChI is InChI=1S/C12H20N4O2S/c1-12(2,7-17)6-13-10(18)5-19-11-15-14-8-16(11)9-3-4-9/h8-9,17H,3-7H2,1-2H3,(H,13,18). The number of rotatable bonds is 7. The lowest BCUT2D eigenvalue weighted by Gasteiger charge is -2.21. The minimum absolute atomic E-state index is 0.0446. The van der Waals surface area contributed by atoms with Crippen molar-refractivity contribution in [3.05, 3.63) is 6.33 Å². The van der Waals surface area contributed by atoms with Crippen molar-refractivity contribution >= 4 is 17.7 Å². The Balaban J connectivity index is 1.75. The lowest BCUT2D eigenvalue weighted by molar-refractivity contribution is -0.119. The van der Waals surface area contributed by atoms with Crippen molar-refractivity contribution in [2.24, 2.45) is 5.41 Å². The van der Waals surface area contributed by atoms with E-state index in [1.54, 1.807) is 6.33 Å². The topological polar surface area (TPSA) is 80.0 Å². The van der Waals surface area contributed by atoms with E-state index in [-0.39, 0.29) is 17.9 Å². The van der Waals surface area contributed by atoms with E-state index >= 15 is 0 Å². The van der Waals surface area contributed by atoms with Crippen LogP contribution in [-0.4, -0.2) is 44.7 Å². The molecule has 1 aliphatic carbocycles. The third kappa shape index (κ3) is 4.21. The molecule has 0 aliphatic heterocycles. The molecule has 0 saturated heterocycles.